The van der Waals surface area contributed by atoms with Crippen LogP contribution in [0.3, 0.4) is 0 Å². The van der Waals surface area contributed by atoms with Crippen molar-refractivity contribution >= 4 is 42.9 Å². The molecule has 0 spiro atoms. The average molecular weight is 505 g/mol. The van der Waals surface area contributed by atoms with Gasteiger partial charge in [-0.1, -0.05) is 36.4 Å². The molecule has 0 saturated carbocycles. The summed E-state index contributed by atoms with van der Waals surface area (Å²) in [6.07, 6.45) is 0. The summed E-state index contributed by atoms with van der Waals surface area (Å²) in [4.78, 5) is 4.93. The molecule has 0 radical (unpaired) electrons. The van der Waals surface area contributed by atoms with Gasteiger partial charge in [0.05, 0.1) is 0 Å². The molecule has 2 N–H and O–H groups in total. The van der Waals surface area contributed by atoms with E-state index in [0.29, 0.717) is 0 Å². The summed E-state index contributed by atoms with van der Waals surface area (Å²) < 4.78 is 2.70. The fourth-order valence-corrected chi connectivity index (χ4v) is 6.78. The highest BCUT2D eigenvalue weighted by Crippen LogP contribution is 2.39. The standard InChI is InChI=1S/C32H32N4S/c1-7-27(35-17-13-33-14-18-35)8-2-23(1)25-5-11-31-29(21-25)30-22-26(6-12-32(30)37-31)24-3-9-28(10-4-24)36-19-15-34-16-20-36/h1-12,21-22,33-34H,13-20H2. The summed E-state index contributed by atoms with van der Waals surface area (Å²) in [6, 6.07) is 32.1. The second-order valence-corrected chi connectivity index (χ2v) is 11.2. The van der Waals surface area contributed by atoms with Crippen LogP contribution in [0.25, 0.3) is 42.4 Å². The largest absolute Gasteiger partial charge is 0.369 e. The SMILES string of the molecule is c1cc(N2CCNCC2)ccc1-c1ccc2sc3ccc(-c4ccc(N5CCNCC5)cc4)cc3c2c1. The summed E-state index contributed by atoms with van der Waals surface area (Å²) in [7, 11) is 0. The van der Waals surface area contributed by atoms with Crippen molar-refractivity contribution in [1.29, 1.82) is 0 Å². The maximum absolute atomic E-state index is 3.44. The first-order valence-electron chi connectivity index (χ1n) is 13.4. The second-order valence-electron chi connectivity index (χ2n) is 10.1. The monoisotopic (exact) mass is 504 g/mol. The molecule has 0 unspecified atom stereocenters. The lowest BCUT2D eigenvalue weighted by atomic mass is 10.00. The highest BCUT2D eigenvalue weighted by atomic mass is 32.1. The number of rotatable bonds is 4. The number of nitrogens with zero attached hydrogens (tertiary/aromatic N) is 2. The van der Waals surface area contributed by atoms with Gasteiger partial charge < -0.3 is 20.4 Å². The third-order valence-electron chi connectivity index (χ3n) is 7.83. The Morgan fingerprint density at radius 3 is 1.24 bits per heavy atom. The van der Waals surface area contributed by atoms with E-state index < -0.39 is 0 Å². The lowest BCUT2D eigenvalue weighted by Gasteiger charge is -2.29. The molecule has 2 aliphatic rings. The number of nitrogens with one attached hydrogen (secondary N) is 2. The van der Waals surface area contributed by atoms with E-state index in [2.05, 4.69) is 105 Å². The number of fused-ring (bicyclic) bond motifs is 3. The minimum Gasteiger partial charge on any atom is -0.369 e. The van der Waals surface area contributed by atoms with E-state index in [0.717, 1.165) is 52.4 Å². The van der Waals surface area contributed by atoms with E-state index in [-0.39, 0.29) is 0 Å². The molecule has 37 heavy (non-hydrogen) atoms. The quantitative estimate of drug-likeness (QED) is 0.305. The summed E-state index contributed by atoms with van der Waals surface area (Å²) >= 11 is 1.89. The number of anilines is 2. The van der Waals surface area contributed by atoms with Crippen LogP contribution in [0.4, 0.5) is 11.4 Å². The maximum atomic E-state index is 3.44. The minimum atomic E-state index is 1.06. The molecule has 0 aliphatic carbocycles. The van der Waals surface area contributed by atoms with Gasteiger partial charge in [0.1, 0.15) is 0 Å². The summed E-state index contributed by atoms with van der Waals surface area (Å²) in [5.74, 6) is 0. The van der Waals surface area contributed by atoms with Crippen LogP contribution in [0.15, 0.2) is 84.9 Å². The van der Waals surface area contributed by atoms with Crippen molar-refractivity contribution in [1.82, 2.24) is 10.6 Å². The van der Waals surface area contributed by atoms with Crippen LogP contribution in [-0.4, -0.2) is 52.4 Å². The lowest BCUT2D eigenvalue weighted by Crippen LogP contribution is -2.43. The zero-order valence-corrected chi connectivity index (χ0v) is 21.9. The molecular formula is C32H32N4S. The van der Waals surface area contributed by atoms with Gasteiger partial charge in [-0.05, 0) is 70.8 Å². The Morgan fingerprint density at radius 2 is 0.838 bits per heavy atom. The van der Waals surface area contributed by atoms with Crippen molar-refractivity contribution in [2.24, 2.45) is 0 Å². The van der Waals surface area contributed by atoms with Crippen LogP contribution in [-0.2, 0) is 0 Å². The van der Waals surface area contributed by atoms with Crippen LogP contribution in [0.5, 0.6) is 0 Å². The van der Waals surface area contributed by atoms with Crippen LogP contribution in [0.1, 0.15) is 0 Å². The highest BCUT2D eigenvalue weighted by Gasteiger charge is 2.13. The van der Waals surface area contributed by atoms with Crippen LogP contribution in [0.2, 0.25) is 0 Å². The topological polar surface area (TPSA) is 30.5 Å². The molecule has 4 nitrogen and oxygen atoms in total. The molecule has 5 aromatic rings. The third kappa shape index (κ3) is 4.48. The molecule has 1 aromatic heterocycles. The molecule has 4 aromatic carbocycles. The lowest BCUT2D eigenvalue weighted by molar-refractivity contribution is 0.589. The van der Waals surface area contributed by atoms with Gasteiger partial charge in [-0.25, -0.2) is 0 Å². The Labute approximate surface area is 222 Å². The predicted octanol–water partition coefficient (Wildman–Crippen LogP) is 6.21. The molecule has 3 heterocycles. The molecular weight excluding hydrogens is 472 g/mol. The van der Waals surface area contributed by atoms with Gasteiger partial charge in [0.25, 0.3) is 0 Å². The first-order chi connectivity index (χ1) is 18.3. The third-order valence-corrected chi connectivity index (χ3v) is 8.99. The Hall–Kier alpha value is -3.38. The van der Waals surface area contributed by atoms with Gasteiger partial charge >= 0.3 is 0 Å². The number of benzene rings is 4. The van der Waals surface area contributed by atoms with Gasteiger partial charge in [0.2, 0.25) is 0 Å². The minimum absolute atomic E-state index is 1.06. The molecule has 2 fully saturated rings. The normalized spacial score (nSPS) is 16.5. The molecule has 0 amide bonds. The molecule has 186 valence electrons. The Bertz CT molecular complexity index is 1410. The van der Waals surface area contributed by atoms with Gasteiger partial charge in [-0.15, -0.1) is 11.3 Å². The molecule has 7 rings (SSSR count). The first kappa shape index (κ1) is 22.8. The van der Waals surface area contributed by atoms with E-state index in [1.807, 2.05) is 11.3 Å². The molecule has 0 atom stereocenters. The highest BCUT2D eigenvalue weighted by molar-refractivity contribution is 7.25. The summed E-state index contributed by atoms with van der Waals surface area (Å²) in [6.45, 7) is 8.55. The zero-order chi connectivity index (χ0) is 24.6. The summed E-state index contributed by atoms with van der Waals surface area (Å²) in [5.41, 5.74) is 7.76. The van der Waals surface area contributed by atoms with Crippen molar-refractivity contribution in [3.05, 3.63) is 84.9 Å². The van der Waals surface area contributed by atoms with Crippen molar-refractivity contribution in [2.45, 2.75) is 0 Å². The fraction of sp³-hybridized carbons (Fsp3) is 0.250. The number of hydrogen-bond donors (Lipinski definition) is 2. The Balaban J connectivity index is 1.19. The average Bonchev–Trinajstić information content (AvgIpc) is 3.35. The number of hydrogen-bond acceptors (Lipinski definition) is 5. The fourth-order valence-electron chi connectivity index (χ4n) is 5.71. The van der Waals surface area contributed by atoms with E-state index in [9.17, 15) is 0 Å². The van der Waals surface area contributed by atoms with Gasteiger partial charge in [-0.2, -0.15) is 0 Å². The first-order valence-corrected chi connectivity index (χ1v) is 14.2. The molecule has 5 heteroatoms. The van der Waals surface area contributed by atoms with Crippen molar-refractivity contribution in [3.8, 4) is 22.3 Å². The van der Waals surface area contributed by atoms with Crippen molar-refractivity contribution in [2.75, 3.05) is 62.2 Å². The van der Waals surface area contributed by atoms with Gasteiger partial charge in [0.15, 0.2) is 0 Å². The summed E-state index contributed by atoms with van der Waals surface area (Å²) in [5, 5.41) is 9.57. The smallest absolute Gasteiger partial charge is 0.0367 e. The predicted molar refractivity (Wildman–Crippen MR) is 160 cm³/mol. The Kier molecular flexibility index (Phi) is 6.05. The molecule has 2 saturated heterocycles. The number of thiophene rings is 1. The zero-order valence-electron chi connectivity index (χ0n) is 21.0. The van der Waals surface area contributed by atoms with Crippen molar-refractivity contribution in [3.63, 3.8) is 0 Å². The second kappa shape index (κ2) is 9.82. The van der Waals surface area contributed by atoms with Gasteiger partial charge in [0, 0.05) is 83.9 Å². The number of piperazine rings is 2. The van der Waals surface area contributed by atoms with E-state index in [1.165, 1.54) is 53.8 Å². The van der Waals surface area contributed by atoms with Crippen LogP contribution < -0.4 is 20.4 Å². The van der Waals surface area contributed by atoms with Gasteiger partial charge in [-0.3, -0.25) is 0 Å². The maximum Gasteiger partial charge on any atom is 0.0367 e. The molecule has 0 bridgehead atoms. The molecule has 2 aliphatic heterocycles. The Morgan fingerprint density at radius 1 is 0.459 bits per heavy atom. The van der Waals surface area contributed by atoms with E-state index in [4.69, 9.17) is 0 Å². The van der Waals surface area contributed by atoms with E-state index >= 15 is 0 Å². The van der Waals surface area contributed by atoms with Crippen molar-refractivity contribution < 1.29 is 0 Å². The van der Waals surface area contributed by atoms with Crippen LogP contribution >= 0.6 is 11.3 Å². The van der Waals surface area contributed by atoms with E-state index in [1.54, 1.807) is 0 Å². The van der Waals surface area contributed by atoms with Crippen LogP contribution in [0, 0.1) is 0 Å².